The van der Waals surface area contributed by atoms with E-state index in [-0.39, 0.29) is 0 Å². The quantitative estimate of drug-likeness (QED) is 0.192. The minimum Gasteiger partial charge on any atom is -0.493 e. The fraction of sp³-hybridized carbons (Fsp3) is 0.231. The van der Waals surface area contributed by atoms with Crippen LogP contribution in [0.1, 0.15) is 11.5 Å². The highest BCUT2D eigenvalue weighted by atomic mass is 32.2. The first-order valence-electron chi connectivity index (χ1n) is 11.3. The maximum Gasteiger partial charge on any atom is 0.328 e. The molecule has 0 aliphatic heterocycles. The molecule has 0 radical (unpaired) electrons. The van der Waals surface area contributed by atoms with Gasteiger partial charge in [-0.25, -0.2) is 9.59 Å². The molecule has 11 heteroatoms. The Morgan fingerprint density at radius 1 is 1.08 bits per heavy atom. The zero-order valence-corrected chi connectivity index (χ0v) is 21.3. The highest BCUT2D eigenvalue weighted by Gasteiger charge is 2.11. The van der Waals surface area contributed by atoms with E-state index < -0.39 is 11.9 Å². The lowest BCUT2D eigenvalue weighted by molar-refractivity contribution is -0.134. The topological polar surface area (TPSA) is 142 Å². The first-order valence-corrected chi connectivity index (χ1v) is 12.4. The van der Waals surface area contributed by atoms with E-state index in [1.54, 1.807) is 11.8 Å². The van der Waals surface area contributed by atoms with E-state index in [4.69, 9.17) is 19.4 Å². The Hall–Kier alpha value is -4.09. The van der Waals surface area contributed by atoms with E-state index in [2.05, 4.69) is 52.5 Å². The van der Waals surface area contributed by atoms with Gasteiger partial charge in [-0.3, -0.25) is 0 Å². The third-order valence-corrected chi connectivity index (χ3v) is 5.71. The Morgan fingerprint density at radius 2 is 1.81 bits per heavy atom. The smallest absolute Gasteiger partial charge is 0.328 e. The van der Waals surface area contributed by atoms with Crippen molar-refractivity contribution in [2.75, 3.05) is 26.5 Å². The van der Waals surface area contributed by atoms with E-state index in [9.17, 15) is 9.59 Å². The molecule has 10 nitrogen and oxygen atoms in total. The van der Waals surface area contributed by atoms with Crippen LogP contribution in [0.15, 0.2) is 71.3 Å². The number of carbonyl (C=O) groups is 2. The minimum atomic E-state index is -1.26. The summed E-state index contributed by atoms with van der Waals surface area (Å²) in [6.45, 7) is 1.55. The van der Waals surface area contributed by atoms with E-state index in [0.29, 0.717) is 36.3 Å². The number of carboxylic acids is 2. The third kappa shape index (κ3) is 9.13. The Balaban J connectivity index is 0.000000414. The molecule has 194 valence electrons. The van der Waals surface area contributed by atoms with Crippen LogP contribution in [0.3, 0.4) is 0 Å². The summed E-state index contributed by atoms with van der Waals surface area (Å²) < 4.78 is 11.5. The Bertz CT molecular complexity index is 1320. The second-order valence-electron chi connectivity index (χ2n) is 8.04. The maximum absolute atomic E-state index is 9.55. The van der Waals surface area contributed by atoms with Gasteiger partial charge in [-0.2, -0.15) is 0 Å². The fourth-order valence-corrected chi connectivity index (χ4v) is 3.89. The number of ether oxygens (including phenoxy) is 1. The normalized spacial score (nSPS) is 11.0. The van der Waals surface area contributed by atoms with Crippen LogP contribution < -0.4 is 4.74 Å². The van der Waals surface area contributed by atoms with Crippen molar-refractivity contribution >= 4 is 34.6 Å². The predicted molar refractivity (Wildman–Crippen MR) is 141 cm³/mol. The number of aromatic nitrogens is 3. The van der Waals surface area contributed by atoms with Crippen LogP contribution in [0.25, 0.3) is 22.4 Å². The molecule has 0 amide bonds. The summed E-state index contributed by atoms with van der Waals surface area (Å²) in [7, 11) is 4.14. The Kier molecular flexibility index (Phi) is 10.3. The van der Waals surface area contributed by atoms with Gasteiger partial charge in [0, 0.05) is 47.1 Å². The number of hydrogen-bond acceptors (Lipinski definition) is 8. The molecule has 0 aliphatic carbocycles. The number of thioether (sulfide) groups is 1. The summed E-state index contributed by atoms with van der Waals surface area (Å²) in [6.07, 6.45) is 3.17. The number of rotatable bonds is 11. The summed E-state index contributed by atoms with van der Waals surface area (Å²) in [5, 5.41) is 25.2. The van der Waals surface area contributed by atoms with Gasteiger partial charge < -0.3 is 29.3 Å². The molecule has 4 aromatic rings. The van der Waals surface area contributed by atoms with E-state index in [1.807, 2.05) is 36.4 Å². The number of para-hydroxylation sites is 1. The first kappa shape index (κ1) is 27.5. The molecule has 2 aromatic carbocycles. The molecule has 0 atom stereocenters. The molecule has 0 bridgehead atoms. The van der Waals surface area contributed by atoms with Crippen LogP contribution in [0.2, 0.25) is 0 Å². The molecule has 0 unspecified atom stereocenters. The van der Waals surface area contributed by atoms with Crippen LogP contribution in [0, 0.1) is 0 Å². The summed E-state index contributed by atoms with van der Waals surface area (Å²) >= 11 is 1.71. The average Bonchev–Trinajstić information content (AvgIpc) is 3.50. The summed E-state index contributed by atoms with van der Waals surface area (Å²) in [4.78, 5) is 24.6. The first-order chi connectivity index (χ1) is 17.8. The van der Waals surface area contributed by atoms with E-state index >= 15 is 0 Å². The van der Waals surface area contributed by atoms with Crippen molar-refractivity contribution in [1.29, 1.82) is 0 Å². The van der Waals surface area contributed by atoms with Gasteiger partial charge in [0.1, 0.15) is 5.75 Å². The molecule has 4 rings (SSSR count). The Labute approximate surface area is 218 Å². The number of aliphatic carboxylic acids is 2. The van der Waals surface area contributed by atoms with Gasteiger partial charge in [0.2, 0.25) is 11.8 Å². The molecule has 0 aliphatic rings. The third-order valence-electron chi connectivity index (χ3n) is 4.80. The van der Waals surface area contributed by atoms with Gasteiger partial charge in [0.05, 0.1) is 12.4 Å². The van der Waals surface area contributed by atoms with Crippen molar-refractivity contribution in [2.45, 2.75) is 12.3 Å². The van der Waals surface area contributed by atoms with Crippen LogP contribution >= 0.6 is 11.8 Å². The molecular formula is C26H28N4O6S. The number of nitrogens with zero attached hydrogens (tertiary/aromatic N) is 3. The lowest BCUT2D eigenvalue weighted by Gasteiger charge is -2.07. The van der Waals surface area contributed by atoms with E-state index in [0.717, 1.165) is 29.1 Å². The number of benzene rings is 2. The fourth-order valence-electron chi connectivity index (χ4n) is 3.26. The second-order valence-corrected chi connectivity index (χ2v) is 9.14. The van der Waals surface area contributed by atoms with E-state index in [1.165, 1.54) is 10.9 Å². The molecule has 0 saturated heterocycles. The largest absolute Gasteiger partial charge is 0.493 e. The maximum atomic E-state index is 9.55. The predicted octanol–water partition coefficient (Wildman–Crippen LogP) is 4.30. The van der Waals surface area contributed by atoms with Crippen molar-refractivity contribution in [2.24, 2.45) is 0 Å². The van der Waals surface area contributed by atoms with Crippen molar-refractivity contribution < 1.29 is 29.0 Å². The average molecular weight is 525 g/mol. The number of hydrogen-bond donors (Lipinski definition) is 3. The number of fused-ring (bicyclic) bond motifs is 1. The van der Waals surface area contributed by atoms with Gasteiger partial charge in [0.15, 0.2) is 0 Å². The molecule has 2 aromatic heterocycles. The standard InChI is InChI=1S/C22H24N4O2S.C4H4O4/c1-26(2)14-17-13-23-20-12-16(8-9-19(17)20)22-25-24-21(28-22)15-29-11-10-27-18-6-4-3-5-7-18;5-3(6)1-2-4(7)8/h3-9,12-13,23H,10-11,14-15H2,1-2H3;1-2H,(H,5,6)(H,7,8). The second kappa shape index (κ2) is 13.9. The highest BCUT2D eigenvalue weighted by molar-refractivity contribution is 7.98. The number of aromatic amines is 1. The summed E-state index contributed by atoms with van der Waals surface area (Å²) in [6, 6.07) is 16.0. The van der Waals surface area contributed by atoms with Gasteiger partial charge in [-0.05, 0) is 43.9 Å². The molecule has 0 spiro atoms. The SMILES string of the molecule is CN(C)Cc1c[nH]c2cc(-c3nnc(CSCCOc4ccccc4)o3)ccc12.O=C(O)C=CC(=O)O. The number of carboxylic acid groups (broad SMARTS) is 2. The van der Waals surface area contributed by atoms with Crippen molar-refractivity contribution in [3.8, 4) is 17.2 Å². The monoisotopic (exact) mass is 524 g/mol. The molecule has 2 heterocycles. The summed E-state index contributed by atoms with van der Waals surface area (Å²) in [5.41, 5.74) is 3.27. The molecule has 37 heavy (non-hydrogen) atoms. The highest BCUT2D eigenvalue weighted by Crippen LogP contribution is 2.26. The van der Waals surface area contributed by atoms with Crippen LogP contribution in [-0.4, -0.2) is 68.7 Å². The van der Waals surface area contributed by atoms with Gasteiger partial charge in [-0.15, -0.1) is 22.0 Å². The minimum absolute atomic E-state index is 0.548. The molecule has 3 N–H and O–H groups in total. The van der Waals surface area contributed by atoms with Crippen LogP contribution in [-0.2, 0) is 21.9 Å². The van der Waals surface area contributed by atoms with Gasteiger partial charge >= 0.3 is 11.9 Å². The van der Waals surface area contributed by atoms with Crippen molar-refractivity contribution in [3.63, 3.8) is 0 Å². The molecular weight excluding hydrogens is 496 g/mol. The molecule has 0 fully saturated rings. The number of H-pyrrole nitrogens is 1. The van der Waals surface area contributed by atoms with Crippen LogP contribution in [0.5, 0.6) is 5.75 Å². The van der Waals surface area contributed by atoms with Gasteiger partial charge in [-0.1, -0.05) is 24.3 Å². The summed E-state index contributed by atoms with van der Waals surface area (Å²) in [5.74, 6) is 1.08. The van der Waals surface area contributed by atoms with Crippen molar-refractivity contribution in [3.05, 3.63) is 78.3 Å². The zero-order valence-electron chi connectivity index (χ0n) is 20.5. The number of nitrogens with one attached hydrogen (secondary N) is 1. The lowest BCUT2D eigenvalue weighted by atomic mass is 10.1. The zero-order chi connectivity index (χ0) is 26.6. The molecule has 0 saturated carbocycles. The van der Waals surface area contributed by atoms with Crippen LogP contribution in [0.4, 0.5) is 0 Å². The lowest BCUT2D eigenvalue weighted by Crippen LogP contribution is -2.09. The van der Waals surface area contributed by atoms with Gasteiger partial charge in [0.25, 0.3) is 0 Å². The Morgan fingerprint density at radius 3 is 2.49 bits per heavy atom. The van der Waals surface area contributed by atoms with Crippen molar-refractivity contribution in [1.82, 2.24) is 20.1 Å².